The van der Waals surface area contributed by atoms with Gasteiger partial charge in [-0.25, -0.2) is 4.99 Å². The Balaban J connectivity index is 2.19. The van der Waals surface area contributed by atoms with Gasteiger partial charge in [-0.05, 0) is 18.2 Å². The molecule has 2 aromatic carbocycles. The van der Waals surface area contributed by atoms with E-state index in [1.807, 2.05) is 36.4 Å². The quantitative estimate of drug-likeness (QED) is 0.588. The van der Waals surface area contributed by atoms with E-state index in [4.69, 9.17) is 0 Å². The first kappa shape index (κ1) is 9.48. The average molecular weight is 232 g/mol. The zero-order chi connectivity index (χ0) is 12.1. The molecule has 2 aliphatic heterocycles. The Morgan fingerprint density at radius 1 is 1.06 bits per heavy atom. The van der Waals surface area contributed by atoms with Crippen LogP contribution in [0.2, 0.25) is 0 Å². The second-order valence-electron chi connectivity index (χ2n) is 4.32. The summed E-state index contributed by atoms with van der Waals surface area (Å²) in [5.41, 5.74) is 4.60. The number of carbonyl (C=O) groups is 1. The molecule has 0 N–H and O–H groups in total. The number of fused-ring (bicyclic) bond motifs is 5. The minimum atomic E-state index is 0.636. The van der Waals surface area contributed by atoms with Crippen molar-refractivity contribution in [3.63, 3.8) is 0 Å². The van der Waals surface area contributed by atoms with Gasteiger partial charge in [-0.1, -0.05) is 18.2 Å². The summed E-state index contributed by atoms with van der Waals surface area (Å²) in [5.74, 6) is 0. The summed E-state index contributed by atoms with van der Waals surface area (Å²) in [5, 5.41) is 1.83. The van der Waals surface area contributed by atoms with Gasteiger partial charge in [-0.3, -0.25) is 9.79 Å². The van der Waals surface area contributed by atoms with E-state index in [2.05, 4.69) is 9.98 Å². The highest BCUT2D eigenvalue weighted by Crippen LogP contribution is 2.36. The standard InChI is InChI=1S/C15H8N2O/c18-8-9-7-16-15-10(9)5-6-13-14(15)11-3-1-2-4-12(11)17-13/h1-8H. The first-order valence-corrected chi connectivity index (χ1v) is 5.73. The van der Waals surface area contributed by atoms with E-state index in [0.717, 1.165) is 39.4 Å². The molecule has 18 heavy (non-hydrogen) atoms. The van der Waals surface area contributed by atoms with E-state index in [1.54, 1.807) is 6.21 Å². The second-order valence-corrected chi connectivity index (χ2v) is 4.32. The molecular formula is C15H8N2O. The Labute approximate surface area is 103 Å². The maximum absolute atomic E-state index is 11.0. The van der Waals surface area contributed by atoms with E-state index in [9.17, 15) is 4.79 Å². The first-order valence-electron chi connectivity index (χ1n) is 5.73. The molecule has 0 amide bonds. The van der Waals surface area contributed by atoms with Crippen LogP contribution < -0.4 is 10.6 Å². The average Bonchev–Trinajstić information content (AvgIpc) is 2.98. The van der Waals surface area contributed by atoms with Crippen LogP contribution in [0.3, 0.4) is 0 Å². The minimum Gasteiger partial charge on any atom is -0.298 e. The largest absolute Gasteiger partial charge is 0.298 e. The van der Waals surface area contributed by atoms with Gasteiger partial charge in [0.15, 0.2) is 6.29 Å². The number of hydrogen-bond donors (Lipinski definition) is 0. The van der Waals surface area contributed by atoms with Crippen LogP contribution in [0.1, 0.15) is 0 Å². The normalized spacial score (nSPS) is 13.9. The Morgan fingerprint density at radius 2 is 1.94 bits per heavy atom. The fraction of sp³-hybridized carbons (Fsp3) is 0. The zero-order valence-electron chi connectivity index (χ0n) is 9.42. The van der Waals surface area contributed by atoms with Crippen LogP contribution in [-0.2, 0) is 4.79 Å². The first-order chi connectivity index (χ1) is 8.88. The van der Waals surface area contributed by atoms with E-state index in [1.165, 1.54) is 0 Å². The lowest BCUT2D eigenvalue weighted by Gasteiger charge is -2.01. The zero-order valence-corrected chi connectivity index (χ0v) is 9.42. The molecule has 3 heteroatoms. The molecule has 2 aliphatic rings. The van der Waals surface area contributed by atoms with E-state index < -0.39 is 0 Å². The van der Waals surface area contributed by atoms with Crippen molar-refractivity contribution in [2.45, 2.75) is 0 Å². The number of rotatable bonds is 1. The molecule has 0 radical (unpaired) electrons. The molecule has 0 bridgehead atoms. The lowest BCUT2D eigenvalue weighted by molar-refractivity contribution is -0.103. The van der Waals surface area contributed by atoms with Crippen molar-refractivity contribution < 1.29 is 4.79 Å². The van der Waals surface area contributed by atoms with Gasteiger partial charge in [0.05, 0.1) is 16.7 Å². The SMILES string of the molecule is O=CC1=c2ccc3c(c2N=C1)-c1ccccc1N=3. The summed E-state index contributed by atoms with van der Waals surface area (Å²) in [6, 6.07) is 11.9. The molecule has 4 rings (SSSR count). The molecule has 0 spiro atoms. The smallest absolute Gasteiger partial charge is 0.152 e. The Kier molecular flexibility index (Phi) is 1.70. The van der Waals surface area contributed by atoms with E-state index >= 15 is 0 Å². The molecule has 0 aromatic heterocycles. The lowest BCUT2D eigenvalue weighted by Crippen LogP contribution is -2.11. The third-order valence-corrected chi connectivity index (χ3v) is 3.34. The molecule has 0 atom stereocenters. The summed E-state index contributed by atoms with van der Waals surface area (Å²) < 4.78 is 0. The van der Waals surface area contributed by atoms with Crippen LogP contribution in [-0.4, -0.2) is 12.5 Å². The predicted molar refractivity (Wildman–Crippen MR) is 69.9 cm³/mol. The Bertz CT molecular complexity index is 847. The predicted octanol–water partition coefficient (Wildman–Crippen LogP) is 1.68. The number of para-hydroxylation sites is 1. The second kappa shape index (κ2) is 3.23. The number of hydrogen-bond acceptors (Lipinski definition) is 3. The minimum absolute atomic E-state index is 0.636. The molecule has 2 heterocycles. The van der Waals surface area contributed by atoms with Crippen LogP contribution in [0.5, 0.6) is 0 Å². The summed E-state index contributed by atoms with van der Waals surface area (Å²) in [6.07, 6.45) is 2.47. The van der Waals surface area contributed by atoms with Gasteiger partial charge in [0.25, 0.3) is 0 Å². The topological polar surface area (TPSA) is 41.8 Å². The van der Waals surface area contributed by atoms with Crippen LogP contribution in [0.4, 0.5) is 11.4 Å². The van der Waals surface area contributed by atoms with Crippen molar-refractivity contribution in [1.82, 2.24) is 0 Å². The van der Waals surface area contributed by atoms with Crippen molar-refractivity contribution in [1.29, 1.82) is 0 Å². The Morgan fingerprint density at radius 3 is 2.83 bits per heavy atom. The van der Waals surface area contributed by atoms with Crippen LogP contribution in [0, 0.1) is 0 Å². The molecule has 0 aliphatic carbocycles. The summed E-state index contributed by atoms with van der Waals surface area (Å²) in [6.45, 7) is 0. The molecule has 0 saturated heterocycles. The fourth-order valence-corrected chi connectivity index (χ4v) is 2.52. The van der Waals surface area contributed by atoms with Crippen molar-refractivity contribution in [2.75, 3.05) is 0 Å². The van der Waals surface area contributed by atoms with Gasteiger partial charge < -0.3 is 0 Å². The van der Waals surface area contributed by atoms with E-state index in [0.29, 0.717) is 5.57 Å². The third kappa shape index (κ3) is 1.06. The molecule has 2 aromatic rings. The summed E-state index contributed by atoms with van der Waals surface area (Å²) in [7, 11) is 0. The van der Waals surface area contributed by atoms with E-state index in [-0.39, 0.29) is 0 Å². The van der Waals surface area contributed by atoms with Gasteiger partial charge in [0, 0.05) is 28.1 Å². The van der Waals surface area contributed by atoms with Crippen LogP contribution >= 0.6 is 0 Å². The Hall–Kier alpha value is -2.55. The highest BCUT2D eigenvalue weighted by atomic mass is 16.1. The van der Waals surface area contributed by atoms with Gasteiger partial charge in [0.1, 0.15) is 0 Å². The van der Waals surface area contributed by atoms with Crippen molar-refractivity contribution in [3.8, 4) is 11.1 Å². The van der Waals surface area contributed by atoms with Gasteiger partial charge >= 0.3 is 0 Å². The van der Waals surface area contributed by atoms with Gasteiger partial charge in [-0.15, -0.1) is 0 Å². The molecule has 84 valence electrons. The van der Waals surface area contributed by atoms with Crippen molar-refractivity contribution >= 4 is 29.4 Å². The summed E-state index contributed by atoms with van der Waals surface area (Å²) in [4.78, 5) is 19.9. The summed E-state index contributed by atoms with van der Waals surface area (Å²) >= 11 is 0. The highest BCUT2D eigenvalue weighted by molar-refractivity contribution is 6.29. The molecule has 0 unspecified atom stereocenters. The number of aldehydes is 1. The highest BCUT2D eigenvalue weighted by Gasteiger charge is 2.20. The molecule has 0 fully saturated rings. The molecule has 3 nitrogen and oxygen atoms in total. The van der Waals surface area contributed by atoms with Crippen LogP contribution in [0.25, 0.3) is 16.7 Å². The fourth-order valence-electron chi connectivity index (χ4n) is 2.52. The molecular weight excluding hydrogens is 224 g/mol. The third-order valence-electron chi connectivity index (χ3n) is 3.34. The number of aliphatic imine (C=N–C) groups is 1. The van der Waals surface area contributed by atoms with Crippen molar-refractivity contribution in [3.05, 3.63) is 47.0 Å². The van der Waals surface area contributed by atoms with Gasteiger partial charge in [0.2, 0.25) is 0 Å². The number of carbonyl (C=O) groups excluding carboxylic acids is 1. The maximum atomic E-state index is 11.0. The number of benzene rings is 2. The van der Waals surface area contributed by atoms with Gasteiger partial charge in [-0.2, -0.15) is 0 Å². The maximum Gasteiger partial charge on any atom is 0.152 e. The van der Waals surface area contributed by atoms with Crippen molar-refractivity contribution in [2.24, 2.45) is 9.98 Å². The molecule has 0 saturated carbocycles. The monoisotopic (exact) mass is 232 g/mol. The van der Waals surface area contributed by atoms with Crippen LogP contribution in [0.15, 0.2) is 46.4 Å². The number of nitrogens with zero attached hydrogens (tertiary/aromatic N) is 2. The lowest BCUT2D eigenvalue weighted by atomic mass is 10.0.